The molecule has 1 aromatic carbocycles. The highest BCUT2D eigenvalue weighted by Gasteiger charge is 2.09. The summed E-state index contributed by atoms with van der Waals surface area (Å²) < 4.78 is 15.8. The topological polar surface area (TPSA) is 47.9 Å². The van der Waals surface area contributed by atoms with Crippen LogP contribution >= 0.6 is 0 Å². The van der Waals surface area contributed by atoms with E-state index in [9.17, 15) is 0 Å². The van der Waals surface area contributed by atoms with Gasteiger partial charge in [0.1, 0.15) is 0 Å². The highest BCUT2D eigenvalue weighted by molar-refractivity contribution is 5.50. The molecular weight excluding hydrogens is 196 g/mol. The first-order valence-corrected chi connectivity index (χ1v) is 4.78. The van der Waals surface area contributed by atoms with Gasteiger partial charge in [0.25, 0.3) is 0 Å². The first-order valence-electron chi connectivity index (χ1n) is 4.78. The third-order valence-corrected chi connectivity index (χ3v) is 1.93. The van der Waals surface area contributed by atoms with E-state index < -0.39 is 0 Å². The second-order valence-corrected chi connectivity index (χ2v) is 2.92. The Bertz CT molecular complexity index is 299. The first kappa shape index (κ1) is 11.7. The molecular formula is C11H16O4. The Morgan fingerprint density at radius 2 is 1.87 bits per heavy atom. The van der Waals surface area contributed by atoms with Crippen LogP contribution < -0.4 is 14.2 Å². The predicted octanol–water partition coefficient (Wildman–Crippen LogP) is 1.46. The van der Waals surface area contributed by atoms with E-state index >= 15 is 0 Å². The van der Waals surface area contributed by atoms with Crippen molar-refractivity contribution < 1.29 is 19.3 Å². The fourth-order valence-corrected chi connectivity index (χ4v) is 1.22. The molecule has 4 heteroatoms. The fraction of sp³-hybridized carbons (Fsp3) is 0.455. The molecule has 0 aliphatic carbocycles. The van der Waals surface area contributed by atoms with Crippen molar-refractivity contribution in [3.8, 4) is 17.2 Å². The summed E-state index contributed by atoms with van der Waals surface area (Å²) in [6, 6.07) is 5.44. The van der Waals surface area contributed by atoms with Crippen molar-refractivity contribution in [1.29, 1.82) is 0 Å². The lowest BCUT2D eigenvalue weighted by Gasteiger charge is -2.12. The summed E-state index contributed by atoms with van der Waals surface area (Å²) in [5.41, 5.74) is 0. The van der Waals surface area contributed by atoms with E-state index in [4.69, 9.17) is 19.3 Å². The number of methoxy groups -OCH3 is 2. The van der Waals surface area contributed by atoms with Crippen LogP contribution in [0.1, 0.15) is 6.42 Å². The summed E-state index contributed by atoms with van der Waals surface area (Å²) in [7, 11) is 3.14. The molecule has 4 nitrogen and oxygen atoms in total. The molecule has 0 fully saturated rings. The Hall–Kier alpha value is -1.42. The minimum atomic E-state index is 0.117. The van der Waals surface area contributed by atoms with Crippen molar-refractivity contribution in [1.82, 2.24) is 0 Å². The largest absolute Gasteiger partial charge is 0.493 e. The van der Waals surface area contributed by atoms with Crippen LogP contribution in [-0.2, 0) is 0 Å². The summed E-state index contributed by atoms with van der Waals surface area (Å²) in [6.45, 7) is 0.576. The fourth-order valence-electron chi connectivity index (χ4n) is 1.22. The van der Waals surface area contributed by atoms with E-state index in [2.05, 4.69) is 0 Å². The molecule has 0 saturated heterocycles. The maximum absolute atomic E-state index is 8.64. The normalized spacial score (nSPS) is 9.80. The average Bonchev–Trinajstić information content (AvgIpc) is 2.29. The summed E-state index contributed by atoms with van der Waals surface area (Å²) in [5.74, 6) is 1.85. The summed E-state index contributed by atoms with van der Waals surface area (Å²) in [5, 5.41) is 8.64. The zero-order valence-electron chi connectivity index (χ0n) is 9.03. The van der Waals surface area contributed by atoms with Gasteiger partial charge in [-0.05, 0) is 12.1 Å². The molecule has 1 rings (SSSR count). The van der Waals surface area contributed by atoms with E-state index in [1.807, 2.05) is 6.07 Å². The van der Waals surface area contributed by atoms with Gasteiger partial charge in [0.05, 0.1) is 20.8 Å². The smallest absolute Gasteiger partial charge is 0.203 e. The molecule has 0 saturated carbocycles. The highest BCUT2D eigenvalue weighted by Crippen LogP contribution is 2.36. The van der Waals surface area contributed by atoms with Crippen molar-refractivity contribution in [3.05, 3.63) is 18.2 Å². The van der Waals surface area contributed by atoms with E-state index in [1.165, 1.54) is 0 Å². The molecule has 0 bridgehead atoms. The van der Waals surface area contributed by atoms with E-state index in [0.717, 1.165) is 0 Å². The molecule has 0 aromatic heterocycles. The molecule has 0 radical (unpaired) electrons. The van der Waals surface area contributed by atoms with Crippen LogP contribution in [0.15, 0.2) is 18.2 Å². The molecule has 15 heavy (non-hydrogen) atoms. The van der Waals surface area contributed by atoms with Crippen molar-refractivity contribution >= 4 is 0 Å². The Morgan fingerprint density at radius 1 is 1.13 bits per heavy atom. The summed E-state index contributed by atoms with van der Waals surface area (Å²) >= 11 is 0. The van der Waals surface area contributed by atoms with Crippen molar-refractivity contribution in [3.63, 3.8) is 0 Å². The van der Waals surface area contributed by atoms with E-state index in [1.54, 1.807) is 26.4 Å². The highest BCUT2D eigenvalue weighted by atomic mass is 16.5. The number of hydrogen-bond donors (Lipinski definition) is 1. The number of rotatable bonds is 6. The van der Waals surface area contributed by atoms with E-state index in [0.29, 0.717) is 30.3 Å². The Morgan fingerprint density at radius 3 is 2.47 bits per heavy atom. The van der Waals surface area contributed by atoms with Crippen LogP contribution in [-0.4, -0.2) is 32.5 Å². The van der Waals surface area contributed by atoms with Gasteiger partial charge >= 0.3 is 0 Å². The molecule has 0 aliphatic rings. The van der Waals surface area contributed by atoms with Gasteiger partial charge in [-0.2, -0.15) is 0 Å². The number of aliphatic hydroxyl groups is 1. The van der Waals surface area contributed by atoms with Crippen molar-refractivity contribution in [2.75, 3.05) is 27.4 Å². The SMILES string of the molecule is COc1cccc(OCCCO)c1OC. The molecule has 0 unspecified atom stereocenters. The number of aliphatic hydroxyl groups excluding tert-OH is 1. The molecule has 0 spiro atoms. The van der Waals surface area contributed by atoms with E-state index in [-0.39, 0.29) is 6.61 Å². The van der Waals surface area contributed by atoms with Gasteiger partial charge in [-0.1, -0.05) is 6.07 Å². The third-order valence-electron chi connectivity index (χ3n) is 1.93. The maximum atomic E-state index is 8.64. The van der Waals surface area contributed by atoms with Crippen LogP contribution in [0, 0.1) is 0 Å². The minimum Gasteiger partial charge on any atom is -0.493 e. The maximum Gasteiger partial charge on any atom is 0.203 e. The van der Waals surface area contributed by atoms with Gasteiger partial charge in [-0.25, -0.2) is 0 Å². The molecule has 0 atom stereocenters. The Balaban J connectivity index is 2.76. The first-order chi connectivity index (χ1) is 7.33. The number of hydrogen-bond acceptors (Lipinski definition) is 4. The van der Waals surface area contributed by atoms with Gasteiger partial charge < -0.3 is 19.3 Å². The van der Waals surface area contributed by atoms with Crippen LogP contribution in [0.2, 0.25) is 0 Å². The summed E-state index contributed by atoms with van der Waals surface area (Å²) in [4.78, 5) is 0. The molecule has 0 heterocycles. The standard InChI is InChI=1S/C11H16O4/c1-13-9-5-3-6-10(11(9)14-2)15-8-4-7-12/h3,5-6,12H,4,7-8H2,1-2H3. The quantitative estimate of drug-likeness (QED) is 0.725. The van der Waals surface area contributed by atoms with Gasteiger partial charge in [0.2, 0.25) is 5.75 Å². The Kier molecular flexibility index (Phi) is 4.77. The molecule has 1 N–H and O–H groups in total. The predicted molar refractivity (Wildman–Crippen MR) is 56.7 cm³/mol. The van der Waals surface area contributed by atoms with Crippen molar-refractivity contribution in [2.24, 2.45) is 0 Å². The van der Waals surface area contributed by atoms with Crippen LogP contribution in [0.5, 0.6) is 17.2 Å². The Labute approximate surface area is 89.4 Å². The second-order valence-electron chi connectivity index (χ2n) is 2.92. The monoisotopic (exact) mass is 212 g/mol. The van der Waals surface area contributed by atoms with Gasteiger partial charge in [-0.3, -0.25) is 0 Å². The van der Waals surface area contributed by atoms with Crippen molar-refractivity contribution in [2.45, 2.75) is 6.42 Å². The van der Waals surface area contributed by atoms with Crippen LogP contribution in [0.4, 0.5) is 0 Å². The average molecular weight is 212 g/mol. The summed E-state index contributed by atoms with van der Waals surface area (Å²) in [6.07, 6.45) is 0.598. The zero-order valence-corrected chi connectivity index (χ0v) is 9.03. The molecule has 1 aromatic rings. The lowest BCUT2D eigenvalue weighted by molar-refractivity contribution is 0.226. The molecule has 0 amide bonds. The van der Waals surface area contributed by atoms with Gasteiger partial charge in [-0.15, -0.1) is 0 Å². The number of ether oxygens (including phenoxy) is 3. The van der Waals surface area contributed by atoms with Gasteiger partial charge in [0.15, 0.2) is 11.5 Å². The lowest BCUT2D eigenvalue weighted by atomic mass is 10.3. The molecule has 0 aliphatic heterocycles. The second kappa shape index (κ2) is 6.14. The molecule has 84 valence electrons. The number of benzene rings is 1. The number of para-hydroxylation sites is 1. The van der Waals surface area contributed by atoms with Crippen LogP contribution in [0.3, 0.4) is 0 Å². The van der Waals surface area contributed by atoms with Crippen LogP contribution in [0.25, 0.3) is 0 Å². The lowest BCUT2D eigenvalue weighted by Crippen LogP contribution is -2.02. The zero-order chi connectivity index (χ0) is 11.1. The third kappa shape index (κ3) is 3.02. The van der Waals surface area contributed by atoms with Gasteiger partial charge in [0, 0.05) is 13.0 Å². The minimum absolute atomic E-state index is 0.117.